The fourth-order valence-corrected chi connectivity index (χ4v) is 7.84. The Kier molecular flexibility index (Phi) is 4.46. The highest BCUT2D eigenvalue weighted by molar-refractivity contribution is 7.92. The Balaban J connectivity index is 1.97. The molecule has 3 aliphatic rings. The van der Waals surface area contributed by atoms with Crippen LogP contribution in [-0.4, -0.2) is 30.5 Å². The number of hydrogen-bond acceptors (Lipinski definition) is 3. The van der Waals surface area contributed by atoms with Crippen LogP contribution in [-0.2, 0) is 14.6 Å². The van der Waals surface area contributed by atoms with Crippen molar-refractivity contribution < 1.29 is 18.3 Å². The van der Waals surface area contributed by atoms with Crippen LogP contribution < -0.4 is 0 Å². The number of rotatable bonds is 3. The quantitative estimate of drug-likeness (QED) is 0.767. The van der Waals surface area contributed by atoms with Crippen molar-refractivity contribution >= 4 is 15.8 Å². The van der Waals surface area contributed by atoms with E-state index < -0.39 is 26.5 Å². The maximum absolute atomic E-state index is 12.5. The maximum Gasteiger partial charge on any atom is 0.309 e. The van der Waals surface area contributed by atoms with E-state index in [0.717, 1.165) is 36.8 Å². The van der Waals surface area contributed by atoms with Gasteiger partial charge in [-0.05, 0) is 63.2 Å². The molecule has 0 aromatic rings. The molecule has 140 valence electrons. The van der Waals surface area contributed by atoms with E-state index in [-0.39, 0.29) is 23.0 Å². The van der Waals surface area contributed by atoms with Gasteiger partial charge in [0.25, 0.3) is 0 Å². The molecule has 0 spiro atoms. The molecule has 0 bridgehead atoms. The molecule has 0 aromatic carbocycles. The Labute approximate surface area is 151 Å². The van der Waals surface area contributed by atoms with E-state index in [1.54, 1.807) is 0 Å². The van der Waals surface area contributed by atoms with Gasteiger partial charge in [0, 0.05) is 0 Å². The molecule has 0 aromatic heterocycles. The number of fused-ring (bicyclic) bond motifs is 1. The molecule has 5 unspecified atom stereocenters. The molecule has 4 nitrogen and oxygen atoms in total. The Morgan fingerprint density at radius 1 is 1.36 bits per heavy atom. The summed E-state index contributed by atoms with van der Waals surface area (Å²) in [6.45, 7) is 10.3. The van der Waals surface area contributed by atoms with Crippen molar-refractivity contribution in [2.75, 3.05) is 5.75 Å². The SMILES string of the molecule is C=C1CCC2C(C)(C(=O)O)CCCC2(C)C1CC1C(C)=CCS1(=O)=O. The number of allylic oxidation sites excluding steroid dienone is 1. The van der Waals surface area contributed by atoms with Gasteiger partial charge in [-0.1, -0.05) is 37.1 Å². The molecule has 0 radical (unpaired) electrons. The average molecular weight is 367 g/mol. The Morgan fingerprint density at radius 2 is 2.04 bits per heavy atom. The van der Waals surface area contributed by atoms with E-state index in [1.165, 1.54) is 0 Å². The molecule has 3 rings (SSSR count). The van der Waals surface area contributed by atoms with E-state index >= 15 is 0 Å². The molecule has 25 heavy (non-hydrogen) atoms. The van der Waals surface area contributed by atoms with Gasteiger partial charge in [-0.15, -0.1) is 0 Å². The highest BCUT2D eigenvalue weighted by Crippen LogP contribution is 2.62. The van der Waals surface area contributed by atoms with Gasteiger partial charge in [0.15, 0.2) is 9.84 Å². The van der Waals surface area contributed by atoms with Crippen LogP contribution in [0.25, 0.3) is 0 Å². The van der Waals surface area contributed by atoms with Crippen molar-refractivity contribution in [1.82, 2.24) is 0 Å². The molecular weight excluding hydrogens is 336 g/mol. The Bertz CT molecular complexity index is 735. The zero-order valence-electron chi connectivity index (χ0n) is 15.5. The topological polar surface area (TPSA) is 71.4 Å². The van der Waals surface area contributed by atoms with E-state index in [9.17, 15) is 18.3 Å². The van der Waals surface area contributed by atoms with E-state index in [2.05, 4.69) is 13.5 Å². The number of sulfone groups is 1. The van der Waals surface area contributed by atoms with E-state index in [4.69, 9.17) is 0 Å². The molecular formula is C20H30O4S. The fourth-order valence-electron chi connectivity index (χ4n) is 5.97. The van der Waals surface area contributed by atoms with Crippen LogP contribution in [0, 0.1) is 22.7 Å². The molecule has 2 aliphatic carbocycles. The van der Waals surface area contributed by atoms with Crippen LogP contribution in [0.1, 0.15) is 59.3 Å². The highest BCUT2D eigenvalue weighted by atomic mass is 32.2. The van der Waals surface area contributed by atoms with Gasteiger partial charge in [-0.2, -0.15) is 0 Å². The molecule has 2 saturated carbocycles. The summed E-state index contributed by atoms with van der Waals surface area (Å²) in [5, 5.41) is 9.46. The number of carbonyl (C=O) groups is 1. The van der Waals surface area contributed by atoms with Crippen LogP contribution in [0.15, 0.2) is 23.8 Å². The molecule has 1 N–H and O–H groups in total. The summed E-state index contributed by atoms with van der Waals surface area (Å²) in [6, 6.07) is 0. The number of carboxylic acids is 1. The third-order valence-electron chi connectivity index (χ3n) is 7.54. The minimum absolute atomic E-state index is 0.0754. The Morgan fingerprint density at radius 3 is 2.60 bits per heavy atom. The van der Waals surface area contributed by atoms with Gasteiger partial charge in [0.1, 0.15) is 0 Å². The lowest BCUT2D eigenvalue weighted by Gasteiger charge is -2.57. The first-order valence-electron chi connectivity index (χ1n) is 9.31. The molecule has 0 amide bonds. The summed E-state index contributed by atoms with van der Waals surface area (Å²) in [4.78, 5) is 12.0. The van der Waals surface area contributed by atoms with Crippen molar-refractivity contribution in [3.63, 3.8) is 0 Å². The van der Waals surface area contributed by atoms with Crippen LogP contribution in [0.5, 0.6) is 0 Å². The van der Waals surface area contributed by atoms with Crippen LogP contribution in [0.3, 0.4) is 0 Å². The lowest BCUT2D eigenvalue weighted by molar-refractivity contribution is -0.164. The number of carboxylic acid groups (broad SMARTS) is 1. The second kappa shape index (κ2) is 5.97. The maximum atomic E-state index is 12.5. The van der Waals surface area contributed by atoms with Gasteiger partial charge >= 0.3 is 5.97 Å². The van der Waals surface area contributed by atoms with Crippen molar-refractivity contribution in [3.8, 4) is 0 Å². The fraction of sp³-hybridized carbons (Fsp3) is 0.750. The normalized spacial score (nSPS) is 43.4. The van der Waals surface area contributed by atoms with Crippen molar-refractivity contribution in [3.05, 3.63) is 23.8 Å². The summed E-state index contributed by atoms with van der Waals surface area (Å²) in [5.41, 5.74) is 1.16. The zero-order valence-corrected chi connectivity index (χ0v) is 16.4. The summed E-state index contributed by atoms with van der Waals surface area (Å²) < 4.78 is 25.0. The lowest BCUT2D eigenvalue weighted by Crippen LogP contribution is -2.54. The van der Waals surface area contributed by atoms with Crippen molar-refractivity contribution in [2.45, 2.75) is 64.5 Å². The number of aliphatic carboxylic acids is 1. The van der Waals surface area contributed by atoms with Crippen molar-refractivity contribution in [1.29, 1.82) is 0 Å². The minimum atomic E-state index is -3.12. The lowest BCUT2D eigenvalue weighted by atomic mass is 9.46. The molecule has 1 heterocycles. The second-order valence-corrected chi connectivity index (χ2v) is 11.1. The summed E-state index contributed by atoms with van der Waals surface area (Å²) in [7, 11) is -3.12. The van der Waals surface area contributed by atoms with E-state index in [0.29, 0.717) is 12.8 Å². The molecule has 5 heteroatoms. The van der Waals surface area contributed by atoms with Crippen molar-refractivity contribution in [2.24, 2.45) is 22.7 Å². The van der Waals surface area contributed by atoms with Gasteiger partial charge in [-0.3, -0.25) is 4.79 Å². The van der Waals surface area contributed by atoms with Crippen LogP contribution in [0.4, 0.5) is 0 Å². The van der Waals surface area contributed by atoms with Crippen LogP contribution >= 0.6 is 0 Å². The average Bonchev–Trinajstić information content (AvgIpc) is 2.76. The number of hydrogen-bond donors (Lipinski definition) is 1. The summed E-state index contributed by atoms with van der Waals surface area (Å²) in [5.74, 6) is -0.420. The minimum Gasteiger partial charge on any atom is -0.481 e. The highest BCUT2D eigenvalue weighted by Gasteiger charge is 2.58. The predicted octanol–water partition coefficient (Wildman–Crippen LogP) is 3.98. The predicted molar refractivity (Wildman–Crippen MR) is 99.0 cm³/mol. The third kappa shape index (κ3) is 2.79. The first-order valence-corrected chi connectivity index (χ1v) is 11.0. The molecule has 0 saturated heterocycles. The standard InChI is InChI=1S/C20H30O4S/c1-13-6-7-17-19(3,9-5-10-20(17,4)18(21)22)15(13)12-16-14(2)8-11-25(16,23)24/h8,15-17H,1,5-7,9-12H2,2-4H3,(H,21,22). The van der Waals surface area contributed by atoms with Gasteiger partial charge < -0.3 is 5.11 Å². The second-order valence-electron chi connectivity index (χ2n) is 8.89. The molecule has 1 aliphatic heterocycles. The Hall–Kier alpha value is -1.10. The summed E-state index contributed by atoms with van der Waals surface area (Å²) in [6.07, 6.45) is 6.60. The zero-order chi connectivity index (χ0) is 18.6. The van der Waals surface area contributed by atoms with E-state index in [1.807, 2.05) is 19.9 Å². The largest absolute Gasteiger partial charge is 0.481 e. The molecule has 5 atom stereocenters. The molecule has 2 fully saturated rings. The smallest absolute Gasteiger partial charge is 0.309 e. The summed E-state index contributed by atoms with van der Waals surface area (Å²) >= 11 is 0. The van der Waals surface area contributed by atoms with Gasteiger partial charge in [0.2, 0.25) is 0 Å². The first-order chi connectivity index (χ1) is 11.5. The van der Waals surface area contributed by atoms with Gasteiger partial charge in [0.05, 0.1) is 16.4 Å². The monoisotopic (exact) mass is 366 g/mol. The third-order valence-corrected chi connectivity index (χ3v) is 9.60. The first kappa shape index (κ1) is 18.7. The van der Waals surface area contributed by atoms with Gasteiger partial charge in [-0.25, -0.2) is 8.42 Å². The van der Waals surface area contributed by atoms with Crippen LogP contribution in [0.2, 0.25) is 0 Å².